The number of imidazole rings is 2. The SMILES string of the molecule is O=C(NCc1ncn2ccc(Cl)cc12)c1nnc(Cc2cn3cc(C4CC4)ccc3n2)s1. The average Bonchev–Trinajstić information content (AvgIpc) is 3.21. The summed E-state index contributed by atoms with van der Waals surface area (Å²) in [5.41, 5.74) is 4.78. The summed E-state index contributed by atoms with van der Waals surface area (Å²) in [5, 5.41) is 12.8. The molecule has 0 unspecified atom stereocenters. The lowest BCUT2D eigenvalue weighted by atomic mass is 10.2. The minimum atomic E-state index is -0.277. The maximum atomic E-state index is 12.6. The molecule has 0 bridgehead atoms. The van der Waals surface area contributed by atoms with E-state index in [1.807, 2.05) is 22.9 Å². The minimum Gasteiger partial charge on any atom is -0.344 e. The van der Waals surface area contributed by atoms with Gasteiger partial charge in [0.15, 0.2) is 0 Å². The molecule has 0 aliphatic heterocycles. The molecule has 1 aliphatic rings. The molecule has 0 radical (unpaired) electrons. The molecule has 5 aromatic heterocycles. The molecule has 0 atom stereocenters. The van der Waals surface area contributed by atoms with E-state index >= 15 is 0 Å². The fourth-order valence-corrected chi connectivity index (χ4v) is 4.70. The quantitative estimate of drug-likeness (QED) is 0.412. The van der Waals surface area contributed by atoms with Gasteiger partial charge < -0.3 is 14.1 Å². The van der Waals surface area contributed by atoms with E-state index in [9.17, 15) is 4.79 Å². The Morgan fingerprint density at radius 3 is 2.97 bits per heavy atom. The summed E-state index contributed by atoms with van der Waals surface area (Å²) >= 11 is 7.35. The Balaban J connectivity index is 1.13. The number of rotatable bonds is 6. The maximum Gasteiger partial charge on any atom is 0.282 e. The molecule has 1 saturated carbocycles. The van der Waals surface area contributed by atoms with Gasteiger partial charge in [-0.15, -0.1) is 10.2 Å². The second kappa shape index (κ2) is 7.68. The van der Waals surface area contributed by atoms with Crippen molar-refractivity contribution in [3.05, 3.63) is 81.2 Å². The van der Waals surface area contributed by atoms with Crippen molar-refractivity contribution in [2.45, 2.75) is 31.7 Å². The summed E-state index contributed by atoms with van der Waals surface area (Å²) in [6, 6.07) is 7.83. The van der Waals surface area contributed by atoms with Gasteiger partial charge in [0.05, 0.1) is 29.8 Å². The van der Waals surface area contributed by atoms with E-state index in [-0.39, 0.29) is 12.5 Å². The number of amides is 1. The van der Waals surface area contributed by atoms with Crippen molar-refractivity contribution in [2.75, 3.05) is 0 Å². The highest BCUT2D eigenvalue weighted by molar-refractivity contribution is 7.13. The predicted molar refractivity (Wildman–Crippen MR) is 121 cm³/mol. The molecule has 160 valence electrons. The predicted octanol–water partition coefficient (Wildman–Crippen LogP) is 3.89. The number of halogens is 1. The van der Waals surface area contributed by atoms with Gasteiger partial charge in [-0.3, -0.25) is 4.79 Å². The Labute approximate surface area is 191 Å². The Morgan fingerprint density at radius 1 is 1.19 bits per heavy atom. The number of hydrogen-bond donors (Lipinski definition) is 1. The third-order valence-corrected chi connectivity index (χ3v) is 6.72. The van der Waals surface area contributed by atoms with Crippen LogP contribution in [0, 0.1) is 0 Å². The van der Waals surface area contributed by atoms with Crippen LogP contribution < -0.4 is 5.32 Å². The first-order valence-electron chi connectivity index (χ1n) is 10.3. The van der Waals surface area contributed by atoms with Crippen LogP contribution in [0.4, 0.5) is 0 Å². The molecular weight excluding hydrogens is 446 g/mol. The first-order chi connectivity index (χ1) is 15.6. The lowest BCUT2D eigenvalue weighted by Crippen LogP contribution is -2.23. The molecule has 0 aromatic carbocycles. The number of aromatic nitrogens is 6. The Hall–Kier alpha value is -3.30. The second-order valence-electron chi connectivity index (χ2n) is 7.92. The van der Waals surface area contributed by atoms with E-state index < -0.39 is 0 Å². The van der Waals surface area contributed by atoms with Crippen molar-refractivity contribution in [1.82, 2.24) is 34.3 Å². The first-order valence-corrected chi connectivity index (χ1v) is 11.5. The van der Waals surface area contributed by atoms with E-state index in [4.69, 9.17) is 11.6 Å². The van der Waals surface area contributed by atoms with E-state index in [0.29, 0.717) is 22.4 Å². The van der Waals surface area contributed by atoms with Crippen molar-refractivity contribution >= 4 is 40.0 Å². The highest BCUT2D eigenvalue weighted by Gasteiger charge is 2.24. The molecule has 32 heavy (non-hydrogen) atoms. The molecule has 10 heteroatoms. The zero-order valence-corrected chi connectivity index (χ0v) is 18.5. The average molecular weight is 464 g/mol. The maximum absolute atomic E-state index is 12.6. The van der Waals surface area contributed by atoms with Crippen molar-refractivity contribution in [3.63, 3.8) is 0 Å². The molecule has 5 aromatic rings. The van der Waals surface area contributed by atoms with E-state index in [2.05, 4.69) is 48.2 Å². The van der Waals surface area contributed by atoms with E-state index in [0.717, 1.165) is 27.6 Å². The van der Waals surface area contributed by atoms with Gasteiger partial charge in [0.25, 0.3) is 5.91 Å². The zero-order valence-electron chi connectivity index (χ0n) is 16.9. The standard InChI is InChI=1S/C22H18ClN7OS/c23-15-5-6-29-12-25-17(18(29)7-15)9-24-21(31)22-28-27-20(32-22)8-16-11-30-10-14(13-1-2-13)3-4-19(30)26-16/h3-7,10-13H,1-2,8-9H2,(H,24,31). The minimum absolute atomic E-state index is 0.277. The molecule has 6 rings (SSSR count). The van der Waals surface area contributed by atoms with Crippen LogP contribution in [0.3, 0.4) is 0 Å². The van der Waals surface area contributed by atoms with E-state index in [1.54, 1.807) is 12.4 Å². The van der Waals surface area contributed by atoms with E-state index in [1.165, 1.54) is 29.7 Å². The molecule has 0 saturated heterocycles. The van der Waals surface area contributed by atoms with Crippen LogP contribution >= 0.6 is 22.9 Å². The highest BCUT2D eigenvalue weighted by Crippen LogP contribution is 2.39. The Kier molecular flexibility index (Phi) is 4.65. The van der Waals surface area contributed by atoms with Gasteiger partial charge in [0.2, 0.25) is 5.01 Å². The summed E-state index contributed by atoms with van der Waals surface area (Å²) in [6.07, 6.45) is 10.8. The van der Waals surface area contributed by atoms with Crippen LogP contribution in [0.15, 0.2) is 49.2 Å². The Morgan fingerprint density at radius 2 is 2.09 bits per heavy atom. The van der Waals surface area contributed by atoms with Crippen LogP contribution in [0.5, 0.6) is 0 Å². The summed E-state index contributed by atoms with van der Waals surface area (Å²) in [7, 11) is 0. The van der Waals surface area contributed by atoms with Crippen LogP contribution in [0.2, 0.25) is 5.02 Å². The van der Waals surface area contributed by atoms with Gasteiger partial charge in [-0.2, -0.15) is 0 Å². The van der Waals surface area contributed by atoms with Gasteiger partial charge in [-0.05, 0) is 42.5 Å². The van der Waals surface area contributed by atoms with Crippen LogP contribution in [0.25, 0.3) is 11.2 Å². The van der Waals surface area contributed by atoms with Crippen molar-refractivity contribution in [3.8, 4) is 0 Å². The first kappa shape index (κ1) is 19.4. The van der Waals surface area contributed by atoms with Gasteiger partial charge in [0, 0.05) is 30.0 Å². The normalized spacial score (nSPS) is 13.8. The molecule has 1 amide bonds. The molecule has 1 aliphatic carbocycles. The monoisotopic (exact) mass is 463 g/mol. The van der Waals surface area contributed by atoms with Crippen molar-refractivity contribution in [1.29, 1.82) is 0 Å². The number of nitrogens with zero attached hydrogens (tertiary/aromatic N) is 6. The highest BCUT2D eigenvalue weighted by atomic mass is 35.5. The molecule has 8 nitrogen and oxygen atoms in total. The third-order valence-electron chi connectivity index (χ3n) is 5.56. The molecule has 1 N–H and O–H groups in total. The van der Waals surface area contributed by atoms with Crippen LogP contribution in [0.1, 0.15) is 50.5 Å². The number of nitrogens with one attached hydrogen (secondary N) is 1. The largest absolute Gasteiger partial charge is 0.344 e. The zero-order chi connectivity index (χ0) is 21.7. The number of pyridine rings is 2. The Bertz CT molecular complexity index is 1470. The van der Waals surface area contributed by atoms with Gasteiger partial charge >= 0.3 is 0 Å². The summed E-state index contributed by atoms with van der Waals surface area (Å²) in [6.45, 7) is 0.278. The number of carbonyl (C=O) groups is 1. The topological polar surface area (TPSA) is 89.5 Å². The fourth-order valence-electron chi connectivity index (χ4n) is 3.77. The van der Waals surface area contributed by atoms with Gasteiger partial charge in [-0.25, -0.2) is 9.97 Å². The van der Waals surface area contributed by atoms with Gasteiger partial charge in [0.1, 0.15) is 10.7 Å². The smallest absolute Gasteiger partial charge is 0.282 e. The third kappa shape index (κ3) is 3.74. The number of hydrogen-bond acceptors (Lipinski definition) is 6. The summed E-state index contributed by atoms with van der Waals surface area (Å²) < 4.78 is 3.93. The van der Waals surface area contributed by atoms with Crippen LogP contribution in [-0.4, -0.2) is 34.9 Å². The van der Waals surface area contributed by atoms with Crippen molar-refractivity contribution < 1.29 is 4.79 Å². The van der Waals surface area contributed by atoms with Crippen molar-refractivity contribution in [2.24, 2.45) is 0 Å². The second-order valence-corrected chi connectivity index (χ2v) is 9.42. The molecule has 5 heterocycles. The lowest BCUT2D eigenvalue weighted by molar-refractivity contribution is 0.0949. The van der Waals surface area contributed by atoms with Gasteiger partial charge in [-0.1, -0.05) is 29.0 Å². The fraction of sp³-hybridized carbons (Fsp3) is 0.227. The number of carbonyl (C=O) groups excluding carboxylic acids is 1. The summed E-state index contributed by atoms with van der Waals surface area (Å²) in [4.78, 5) is 21.6. The van der Waals surface area contributed by atoms with Crippen LogP contribution in [-0.2, 0) is 13.0 Å². The number of fused-ring (bicyclic) bond motifs is 2. The molecule has 0 spiro atoms. The molecule has 1 fully saturated rings. The summed E-state index contributed by atoms with van der Waals surface area (Å²) in [5.74, 6) is 0.424. The lowest BCUT2D eigenvalue weighted by Gasteiger charge is -2.01. The molecular formula is C22H18ClN7OS.